The Labute approximate surface area is 119 Å². The van der Waals surface area contributed by atoms with Gasteiger partial charge in [-0.2, -0.15) is 0 Å². The number of para-hydroxylation sites is 2. The number of benzene rings is 1. The average Bonchev–Trinajstić information content (AvgIpc) is 3.11. The lowest BCUT2D eigenvalue weighted by Gasteiger charge is -1.98. The standard InChI is InChI=1S/C15H13N3OS/c19-14(13-8-9-4-3-7-12(9)20-13)18-15-16-10-5-1-2-6-11(10)17-15/h1-2,5-6,8H,3-4,7H2,(H2,16,17,18,19). The zero-order valence-corrected chi connectivity index (χ0v) is 11.6. The molecule has 0 radical (unpaired) electrons. The summed E-state index contributed by atoms with van der Waals surface area (Å²) in [6.07, 6.45) is 3.42. The number of imidazole rings is 1. The Balaban J connectivity index is 1.59. The molecule has 0 spiro atoms. The molecule has 0 bridgehead atoms. The third-order valence-corrected chi connectivity index (χ3v) is 4.83. The normalized spacial score (nSPS) is 13.6. The van der Waals surface area contributed by atoms with Gasteiger partial charge in [-0.3, -0.25) is 10.1 Å². The van der Waals surface area contributed by atoms with E-state index < -0.39 is 0 Å². The molecular weight excluding hydrogens is 270 g/mol. The first kappa shape index (κ1) is 11.7. The summed E-state index contributed by atoms with van der Waals surface area (Å²) in [7, 11) is 0. The van der Waals surface area contributed by atoms with Crippen molar-refractivity contribution < 1.29 is 4.79 Å². The predicted molar refractivity (Wildman–Crippen MR) is 80.4 cm³/mol. The number of aryl methyl sites for hydroxylation is 2. The van der Waals surface area contributed by atoms with Crippen LogP contribution in [0, 0.1) is 0 Å². The van der Waals surface area contributed by atoms with Crippen molar-refractivity contribution in [1.29, 1.82) is 0 Å². The van der Waals surface area contributed by atoms with E-state index in [0.717, 1.165) is 28.8 Å². The molecule has 4 rings (SSSR count). The van der Waals surface area contributed by atoms with Gasteiger partial charge in [0.1, 0.15) is 0 Å². The topological polar surface area (TPSA) is 57.8 Å². The second kappa shape index (κ2) is 4.45. The zero-order valence-electron chi connectivity index (χ0n) is 10.8. The quantitative estimate of drug-likeness (QED) is 0.757. The lowest BCUT2D eigenvalue weighted by atomic mass is 10.2. The van der Waals surface area contributed by atoms with Crippen LogP contribution in [0.1, 0.15) is 26.5 Å². The number of rotatable bonds is 2. The number of amides is 1. The Morgan fingerprint density at radius 2 is 2.20 bits per heavy atom. The molecule has 2 N–H and O–H groups in total. The van der Waals surface area contributed by atoms with Crippen LogP contribution in [-0.4, -0.2) is 15.9 Å². The van der Waals surface area contributed by atoms with E-state index in [4.69, 9.17) is 0 Å². The van der Waals surface area contributed by atoms with E-state index in [9.17, 15) is 4.79 Å². The van der Waals surface area contributed by atoms with Crippen molar-refractivity contribution in [2.24, 2.45) is 0 Å². The highest BCUT2D eigenvalue weighted by Gasteiger charge is 2.19. The molecule has 0 fully saturated rings. The Morgan fingerprint density at radius 1 is 1.30 bits per heavy atom. The third-order valence-electron chi connectivity index (χ3n) is 3.59. The SMILES string of the molecule is O=C(Nc1nc2ccccc2[nH]1)c1cc2c(s1)CCC2. The number of carbonyl (C=O) groups is 1. The Bertz CT molecular complexity index is 748. The van der Waals surface area contributed by atoms with Gasteiger partial charge in [0.15, 0.2) is 0 Å². The number of H-pyrrole nitrogens is 1. The number of hydrogen-bond donors (Lipinski definition) is 2. The molecule has 3 aromatic rings. The van der Waals surface area contributed by atoms with Crippen LogP contribution in [0.5, 0.6) is 0 Å². The van der Waals surface area contributed by atoms with Crippen molar-refractivity contribution in [2.45, 2.75) is 19.3 Å². The van der Waals surface area contributed by atoms with Crippen LogP contribution < -0.4 is 5.32 Å². The highest BCUT2D eigenvalue weighted by atomic mass is 32.1. The lowest BCUT2D eigenvalue weighted by molar-refractivity contribution is 0.103. The van der Waals surface area contributed by atoms with Gasteiger partial charge in [0, 0.05) is 4.88 Å². The van der Waals surface area contributed by atoms with Crippen LogP contribution >= 0.6 is 11.3 Å². The summed E-state index contributed by atoms with van der Waals surface area (Å²) in [4.78, 5) is 21.8. The minimum absolute atomic E-state index is 0.0801. The van der Waals surface area contributed by atoms with Gasteiger partial charge in [0.25, 0.3) is 5.91 Å². The monoisotopic (exact) mass is 283 g/mol. The smallest absolute Gasteiger partial charge is 0.268 e. The van der Waals surface area contributed by atoms with Gasteiger partial charge in [0.05, 0.1) is 15.9 Å². The predicted octanol–water partition coefficient (Wildman–Crippen LogP) is 3.37. The second-order valence-electron chi connectivity index (χ2n) is 4.97. The summed E-state index contributed by atoms with van der Waals surface area (Å²) >= 11 is 1.60. The molecule has 0 saturated carbocycles. The average molecular weight is 283 g/mol. The maximum Gasteiger partial charge on any atom is 0.268 e. The maximum atomic E-state index is 12.2. The largest absolute Gasteiger partial charge is 0.324 e. The molecule has 5 heteroatoms. The van der Waals surface area contributed by atoms with Crippen molar-refractivity contribution in [2.75, 3.05) is 5.32 Å². The van der Waals surface area contributed by atoms with Gasteiger partial charge in [-0.25, -0.2) is 4.98 Å². The van der Waals surface area contributed by atoms with Gasteiger partial charge in [0.2, 0.25) is 5.95 Å². The van der Waals surface area contributed by atoms with E-state index in [1.807, 2.05) is 30.3 Å². The van der Waals surface area contributed by atoms with Crippen LogP contribution in [0.4, 0.5) is 5.95 Å². The Morgan fingerprint density at radius 3 is 3.05 bits per heavy atom. The minimum atomic E-state index is -0.0801. The van der Waals surface area contributed by atoms with E-state index in [1.54, 1.807) is 11.3 Å². The number of fused-ring (bicyclic) bond motifs is 2. The molecule has 1 amide bonds. The second-order valence-corrected chi connectivity index (χ2v) is 6.11. The molecule has 2 aromatic heterocycles. The fraction of sp³-hybridized carbons (Fsp3) is 0.200. The first-order valence-corrected chi connectivity index (χ1v) is 7.49. The van der Waals surface area contributed by atoms with Crippen LogP contribution in [0.2, 0.25) is 0 Å². The number of thiophene rings is 1. The van der Waals surface area contributed by atoms with Crippen LogP contribution in [0.25, 0.3) is 11.0 Å². The van der Waals surface area contributed by atoms with Gasteiger partial charge in [-0.05, 0) is 43.0 Å². The summed E-state index contributed by atoms with van der Waals surface area (Å²) in [6.45, 7) is 0. The number of carbonyl (C=O) groups excluding carboxylic acids is 1. The summed E-state index contributed by atoms with van der Waals surface area (Å²) in [5, 5.41) is 2.84. The van der Waals surface area contributed by atoms with Crippen LogP contribution in [-0.2, 0) is 12.8 Å². The van der Waals surface area contributed by atoms with E-state index in [2.05, 4.69) is 15.3 Å². The summed E-state index contributed by atoms with van der Waals surface area (Å²) in [5.74, 6) is 0.424. The van der Waals surface area contributed by atoms with Crippen molar-refractivity contribution in [3.05, 3.63) is 45.6 Å². The van der Waals surface area contributed by atoms with Crippen molar-refractivity contribution in [3.63, 3.8) is 0 Å². The maximum absolute atomic E-state index is 12.2. The molecule has 0 aliphatic heterocycles. The first-order chi connectivity index (χ1) is 9.79. The molecule has 4 nitrogen and oxygen atoms in total. The molecule has 0 atom stereocenters. The number of anilines is 1. The Kier molecular flexibility index (Phi) is 2.60. The van der Waals surface area contributed by atoms with Gasteiger partial charge in [-0.1, -0.05) is 12.1 Å². The summed E-state index contributed by atoms with van der Waals surface area (Å²) < 4.78 is 0. The molecule has 20 heavy (non-hydrogen) atoms. The van der Waals surface area contributed by atoms with E-state index in [0.29, 0.717) is 5.95 Å². The lowest BCUT2D eigenvalue weighted by Crippen LogP contribution is -2.11. The van der Waals surface area contributed by atoms with Gasteiger partial charge in [-0.15, -0.1) is 11.3 Å². The van der Waals surface area contributed by atoms with Gasteiger partial charge >= 0.3 is 0 Å². The van der Waals surface area contributed by atoms with Crippen molar-refractivity contribution >= 4 is 34.2 Å². The molecule has 1 aromatic carbocycles. The van der Waals surface area contributed by atoms with Crippen molar-refractivity contribution in [1.82, 2.24) is 9.97 Å². The number of nitrogens with zero attached hydrogens (tertiary/aromatic N) is 1. The minimum Gasteiger partial charge on any atom is -0.324 e. The van der Waals surface area contributed by atoms with E-state index in [1.165, 1.54) is 16.9 Å². The fourth-order valence-electron chi connectivity index (χ4n) is 2.62. The number of hydrogen-bond acceptors (Lipinski definition) is 3. The number of nitrogens with one attached hydrogen (secondary N) is 2. The zero-order chi connectivity index (χ0) is 13.5. The third kappa shape index (κ3) is 1.91. The molecule has 100 valence electrons. The molecule has 1 aliphatic rings. The van der Waals surface area contributed by atoms with E-state index in [-0.39, 0.29) is 5.91 Å². The van der Waals surface area contributed by atoms with Gasteiger partial charge < -0.3 is 4.98 Å². The van der Waals surface area contributed by atoms with Crippen molar-refractivity contribution in [3.8, 4) is 0 Å². The van der Waals surface area contributed by atoms with E-state index >= 15 is 0 Å². The summed E-state index contributed by atoms with van der Waals surface area (Å²) in [5.41, 5.74) is 3.12. The number of aromatic amines is 1. The van der Waals surface area contributed by atoms with Crippen LogP contribution in [0.3, 0.4) is 0 Å². The highest BCUT2D eigenvalue weighted by molar-refractivity contribution is 7.14. The molecule has 1 aliphatic carbocycles. The highest BCUT2D eigenvalue weighted by Crippen LogP contribution is 2.30. The Hall–Kier alpha value is -2.14. The molecule has 2 heterocycles. The molecular formula is C15H13N3OS. The number of aromatic nitrogens is 2. The molecule has 0 unspecified atom stereocenters. The first-order valence-electron chi connectivity index (χ1n) is 6.67. The molecule has 0 saturated heterocycles. The van der Waals surface area contributed by atoms with Crippen LogP contribution in [0.15, 0.2) is 30.3 Å². The summed E-state index contributed by atoms with van der Waals surface area (Å²) in [6, 6.07) is 9.75. The fourth-order valence-corrected chi connectivity index (χ4v) is 3.77.